The molecule has 0 saturated carbocycles. The van der Waals surface area contributed by atoms with E-state index in [1.165, 1.54) is 99.1 Å². The summed E-state index contributed by atoms with van der Waals surface area (Å²) in [5.74, 6) is 0. The Kier molecular flexibility index (Phi) is 10.3. The first-order valence-corrected chi connectivity index (χ1v) is 23.1. The minimum absolute atomic E-state index is 1.08. The monoisotopic (exact) mass is 851 g/mol. The van der Waals surface area contributed by atoms with E-state index in [-0.39, 0.29) is 0 Å². The van der Waals surface area contributed by atoms with Gasteiger partial charge in [0.1, 0.15) is 0 Å². The van der Waals surface area contributed by atoms with Crippen molar-refractivity contribution in [3.05, 3.63) is 273 Å². The third-order valence-electron chi connectivity index (χ3n) is 13.3. The van der Waals surface area contributed by atoms with Crippen molar-refractivity contribution in [2.24, 2.45) is 0 Å². The topological polar surface area (TPSA) is 3.24 Å². The first-order valence-electron chi connectivity index (χ1n) is 23.1. The maximum absolute atomic E-state index is 2.38. The second-order valence-corrected chi connectivity index (χ2v) is 17.2. The lowest BCUT2D eigenvalue weighted by Gasteiger charge is -2.26. The molecule has 12 aromatic rings. The van der Waals surface area contributed by atoms with Crippen LogP contribution in [0, 0.1) is 0 Å². The van der Waals surface area contributed by atoms with E-state index in [0.717, 1.165) is 17.1 Å². The Hall–Kier alpha value is -8.78. The molecule has 0 amide bonds. The number of hydrogen-bond acceptors (Lipinski definition) is 1. The van der Waals surface area contributed by atoms with E-state index in [0.29, 0.717) is 0 Å². The molecule has 0 aromatic heterocycles. The number of hydrogen-bond donors (Lipinski definition) is 0. The normalized spacial score (nSPS) is 11.3. The fourth-order valence-corrected chi connectivity index (χ4v) is 10.0. The highest BCUT2D eigenvalue weighted by atomic mass is 15.1. The van der Waals surface area contributed by atoms with Crippen LogP contribution in [0.3, 0.4) is 0 Å². The average molecular weight is 852 g/mol. The summed E-state index contributed by atoms with van der Waals surface area (Å²) in [6, 6.07) is 99.3. The van der Waals surface area contributed by atoms with Crippen molar-refractivity contribution in [2.45, 2.75) is 0 Å². The molecule has 0 heterocycles. The molecule has 0 fully saturated rings. The third-order valence-corrected chi connectivity index (χ3v) is 13.3. The minimum atomic E-state index is 1.08. The molecule has 0 spiro atoms. The molecule has 0 N–H and O–H groups in total. The summed E-state index contributed by atoms with van der Waals surface area (Å²) in [6.45, 7) is 0. The number of nitrogens with zero attached hydrogens (tertiary/aromatic N) is 1. The zero-order chi connectivity index (χ0) is 44.5. The highest BCUT2D eigenvalue weighted by Gasteiger charge is 2.18. The van der Waals surface area contributed by atoms with Crippen LogP contribution in [0.15, 0.2) is 273 Å². The van der Waals surface area contributed by atoms with Gasteiger partial charge in [-0.15, -0.1) is 0 Å². The maximum atomic E-state index is 2.38. The summed E-state index contributed by atoms with van der Waals surface area (Å²) in [4.78, 5) is 2.38. The van der Waals surface area contributed by atoms with Crippen LogP contribution in [-0.2, 0) is 0 Å². The van der Waals surface area contributed by atoms with Crippen LogP contribution >= 0.6 is 0 Å². The van der Waals surface area contributed by atoms with Gasteiger partial charge in [0.25, 0.3) is 0 Å². The van der Waals surface area contributed by atoms with Gasteiger partial charge in [0.15, 0.2) is 0 Å². The molecular weight excluding hydrogens is 807 g/mol. The summed E-state index contributed by atoms with van der Waals surface area (Å²) < 4.78 is 0. The summed E-state index contributed by atoms with van der Waals surface area (Å²) in [5, 5.41) is 7.54. The Balaban J connectivity index is 0.958. The van der Waals surface area contributed by atoms with E-state index < -0.39 is 0 Å². The van der Waals surface area contributed by atoms with Crippen LogP contribution < -0.4 is 4.90 Å². The first-order chi connectivity index (χ1) is 33.2. The van der Waals surface area contributed by atoms with Crippen molar-refractivity contribution in [3.8, 4) is 66.8 Å². The number of benzene rings is 12. The fraction of sp³-hybridized carbons (Fsp3) is 0. The molecule has 314 valence electrons. The molecule has 67 heavy (non-hydrogen) atoms. The number of fused-ring (bicyclic) bond motifs is 4. The Morgan fingerprint density at radius 3 is 1.22 bits per heavy atom. The molecular formula is C66H45N. The van der Waals surface area contributed by atoms with Crippen molar-refractivity contribution in [3.63, 3.8) is 0 Å². The van der Waals surface area contributed by atoms with Crippen LogP contribution in [0.25, 0.3) is 99.1 Å². The van der Waals surface area contributed by atoms with Crippen LogP contribution in [-0.4, -0.2) is 0 Å². The Labute approximate surface area is 392 Å². The molecule has 0 radical (unpaired) electrons. The molecule has 0 bridgehead atoms. The van der Waals surface area contributed by atoms with Gasteiger partial charge in [0.2, 0.25) is 0 Å². The van der Waals surface area contributed by atoms with E-state index >= 15 is 0 Å². The Morgan fingerprint density at radius 1 is 0.194 bits per heavy atom. The standard InChI is InChI=1S/C66H45N/c1-4-16-47(17-5-1)59-42-35-53(44-64(59)48-18-6-2-7-19-48)46-28-36-55(37-29-46)67(57-40-32-51(33-41-57)65-45-54-23-11-12-24-58(54)62-26-14-15-27-63(62)65)56-38-30-50(31-39-56)61-43-34-49-20-10-13-25-60(49)66(61)52-21-8-3-9-22-52/h1-45H. The van der Waals surface area contributed by atoms with Crippen LogP contribution in [0.4, 0.5) is 17.1 Å². The minimum Gasteiger partial charge on any atom is -0.311 e. The molecule has 0 aliphatic rings. The zero-order valence-electron chi connectivity index (χ0n) is 36.9. The van der Waals surface area contributed by atoms with Crippen molar-refractivity contribution in [2.75, 3.05) is 4.90 Å². The van der Waals surface area contributed by atoms with Crippen LogP contribution in [0.1, 0.15) is 0 Å². The van der Waals surface area contributed by atoms with E-state index in [9.17, 15) is 0 Å². The van der Waals surface area contributed by atoms with Gasteiger partial charge in [-0.3, -0.25) is 0 Å². The zero-order valence-corrected chi connectivity index (χ0v) is 36.9. The second kappa shape index (κ2) is 17.3. The lowest BCUT2D eigenvalue weighted by Crippen LogP contribution is -2.09. The van der Waals surface area contributed by atoms with Gasteiger partial charge in [-0.05, 0) is 148 Å². The lowest BCUT2D eigenvalue weighted by molar-refractivity contribution is 1.28. The Morgan fingerprint density at radius 2 is 0.612 bits per heavy atom. The Bertz CT molecular complexity index is 3690. The van der Waals surface area contributed by atoms with Gasteiger partial charge in [0, 0.05) is 17.1 Å². The molecule has 0 aliphatic heterocycles. The number of anilines is 3. The molecule has 1 heteroatoms. The predicted molar refractivity (Wildman–Crippen MR) is 286 cm³/mol. The van der Waals surface area contributed by atoms with Gasteiger partial charge in [0.05, 0.1) is 0 Å². The van der Waals surface area contributed by atoms with Gasteiger partial charge in [-0.2, -0.15) is 0 Å². The summed E-state index contributed by atoms with van der Waals surface area (Å²) in [7, 11) is 0. The molecule has 12 rings (SSSR count). The third kappa shape index (κ3) is 7.53. The molecule has 0 aliphatic carbocycles. The lowest BCUT2D eigenvalue weighted by atomic mass is 9.89. The van der Waals surface area contributed by atoms with Gasteiger partial charge in [-0.1, -0.05) is 224 Å². The smallest absolute Gasteiger partial charge is 0.0462 e. The van der Waals surface area contributed by atoms with Crippen molar-refractivity contribution in [1.82, 2.24) is 0 Å². The molecule has 0 saturated heterocycles. The van der Waals surface area contributed by atoms with Gasteiger partial charge < -0.3 is 4.90 Å². The highest BCUT2D eigenvalue weighted by Crippen LogP contribution is 2.43. The van der Waals surface area contributed by atoms with Gasteiger partial charge in [-0.25, -0.2) is 0 Å². The SMILES string of the molecule is c1ccc(-c2ccc(-c3ccc(N(c4ccc(-c5ccc6ccccc6c5-c5ccccc5)cc4)c4ccc(-c5cc6ccccc6c6ccccc56)cc4)cc3)cc2-c2ccccc2)cc1. The largest absolute Gasteiger partial charge is 0.311 e. The summed E-state index contributed by atoms with van der Waals surface area (Å²) in [6.07, 6.45) is 0. The molecule has 0 atom stereocenters. The van der Waals surface area contributed by atoms with Crippen LogP contribution in [0.2, 0.25) is 0 Å². The molecule has 12 aromatic carbocycles. The van der Waals surface area contributed by atoms with E-state index in [1.54, 1.807) is 0 Å². The van der Waals surface area contributed by atoms with Gasteiger partial charge >= 0.3 is 0 Å². The fourth-order valence-electron chi connectivity index (χ4n) is 10.0. The average Bonchev–Trinajstić information content (AvgIpc) is 3.41. The number of rotatable bonds is 9. The second-order valence-electron chi connectivity index (χ2n) is 17.2. The van der Waals surface area contributed by atoms with E-state index in [1.807, 2.05) is 0 Å². The van der Waals surface area contributed by atoms with Crippen molar-refractivity contribution < 1.29 is 0 Å². The molecule has 0 unspecified atom stereocenters. The summed E-state index contributed by atoms with van der Waals surface area (Å²) in [5.41, 5.74) is 17.7. The molecule has 1 nitrogen and oxygen atoms in total. The predicted octanol–water partition coefficient (Wildman–Crippen LogP) is 18.6. The highest BCUT2D eigenvalue weighted by molar-refractivity contribution is 6.14. The van der Waals surface area contributed by atoms with Crippen LogP contribution in [0.5, 0.6) is 0 Å². The first kappa shape index (κ1) is 39.8. The van der Waals surface area contributed by atoms with E-state index in [4.69, 9.17) is 0 Å². The van der Waals surface area contributed by atoms with Crippen molar-refractivity contribution >= 4 is 49.4 Å². The quantitative estimate of drug-likeness (QED) is 0.131. The van der Waals surface area contributed by atoms with Crippen molar-refractivity contribution in [1.29, 1.82) is 0 Å². The maximum Gasteiger partial charge on any atom is 0.0462 e. The van der Waals surface area contributed by atoms with E-state index in [2.05, 4.69) is 278 Å². The summed E-state index contributed by atoms with van der Waals surface area (Å²) >= 11 is 0.